The van der Waals surface area contributed by atoms with Crippen molar-refractivity contribution in [3.63, 3.8) is 0 Å². The van der Waals surface area contributed by atoms with Crippen LogP contribution in [0.5, 0.6) is 0 Å². The Balaban J connectivity index is 1.41. The molecule has 6 rings (SSSR count). The van der Waals surface area contributed by atoms with Gasteiger partial charge in [-0.1, -0.05) is 69.1 Å². The van der Waals surface area contributed by atoms with Crippen molar-refractivity contribution < 1.29 is 18.3 Å². The number of carbonyl (C=O) groups is 1. The number of aliphatic imine (C=N–C) groups is 1. The summed E-state index contributed by atoms with van der Waals surface area (Å²) in [5.74, 6) is 0.244. The highest BCUT2D eigenvalue weighted by atomic mass is 32.2. The van der Waals surface area contributed by atoms with Gasteiger partial charge in [0.2, 0.25) is 0 Å². The minimum absolute atomic E-state index is 0.00391. The summed E-state index contributed by atoms with van der Waals surface area (Å²) in [4.78, 5) is 22.9. The summed E-state index contributed by atoms with van der Waals surface area (Å²) in [6, 6.07) is 13.6. The van der Waals surface area contributed by atoms with E-state index in [2.05, 4.69) is 56.0 Å². The molecule has 270 valence electrons. The minimum Gasteiger partial charge on any atom is -0.469 e. The quantitative estimate of drug-likeness (QED) is 0.143. The molecule has 3 heterocycles. The molecular weight excluding hydrogens is 705 g/mol. The number of ether oxygens (including phenoxy) is 1. The van der Waals surface area contributed by atoms with Gasteiger partial charge in [0.25, 0.3) is 0 Å². The van der Waals surface area contributed by atoms with Gasteiger partial charge in [-0.05, 0) is 97.3 Å². The molecule has 1 atom stereocenters. The lowest BCUT2D eigenvalue weighted by Crippen LogP contribution is -2.34. The number of fused-ring (bicyclic) bond motifs is 5. The number of methoxy groups -OCH3 is 1. The maximum Gasteiger partial charge on any atom is 0.312 e. The lowest BCUT2D eigenvalue weighted by atomic mass is 9.74. The number of thioether (sulfide) groups is 1. The number of hydrogen-bond donors (Lipinski definition) is 3. The lowest BCUT2D eigenvalue weighted by Gasteiger charge is -2.32. The summed E-state index contributed by atoms with van der Waals surface area (Å²) in [6.07, 6.45) is 8.55. The molecule has 1 aliphatic heterocycles. The first-order valence-electron chi connectivity index (χ1n) is 17.3. The fourth-order valence-corrected chi connectivity index (χ4v) is 9.55. The highest BCUT2D eigenvalue weighted by molar-refractivity contribution is 7.99. The molecule has 51 heavy (non-hydrogen) atoms. The van der Waals surface area contributed by atoms with Crippen molar-refractivity contribution >= 4 is 64.9 Å². The third-order valence-corrected chi connectivity index (χ3v) is 13.3. The summed E-state index contributed by atoms with van der Waals surface area (Å²) in [6.45, 7) is 6.60. The van der Waals surface area contributed by atoms with Crippen LogP contribution in [0.15, 0.2) is 69.6 Å². The van der Waals surface area contributed by atoms with E-state index in [4.69, 9.17) is 9.73 Å². The van der Waals surface area contributed by atoms with Gasteiger partial charge in [0.05, 0.1) is 28.4 Å². The summed E-state index contributed by atoms with van der Waals surface area (Å²) in [7, 11) is 3.18. The number of carbonyl (C=O) groups excluding carboxylic acids is 1. The van der Waals surface area contributed by atoms with Crippen molar-refractivity contribution in [2.45, 2.75) is 80.9 Å². The first-order valence-corrected chi connectivity index (χ1v) is 19.6. The first-order chi connectivity index (χ1) is 24.3. The van der Waals surface area contributed by atoms with Gasteiger partial charge in [0.15, 0.2) is 17.5 Å². The van der Waals surface area contributed by atoms with Gasteiger partial charge in [-0.2, -0.15) is 11.8 Å². The number of nitrogens with one attached hydrogen (secondary N) is 2. The number of hydrogen-bond acceptors (Lipinski definition) is 8. The van der Waals surface area contributed by atoms with Crippen LogP contribution in [0.25, 0.3) is 10.9 Å². The number of halogens is 2. The van der Waals surface area contributed by atoms with Crippen LogP contribution in [0, 0.1) is 27.9 Å². The zero-order valence-electron chi connectivity index (χ0n) is 29.7. The van der Waals surface area contributed by atoms with E-state index >= 15 is 8.78 Å². The number of pyridine rings is 1. The molecule has 0 amide bonds. The predicted molar refractivity (Wildman–Crippen MR) is 208 cm³/mol. The van der Waals surface area contributed by atoms with E-state index in [0.717, 1.165) is 53.9 Å². The standard InChI is InChI=1S/C39H45F2N5O2S3/c1-37(2)13-7-14-38(3,25-9-6-8-24(20-25)22-39(15-16-39)36(47)48-5)35(42)45-34(43-4)29-21-26(10-17-44-29)51-33-28(12-19-50-23-37)27-11-18-46(49)32(27)30(40)31(33)41/h6,8-11,17-18,20-21,49H,7,12-16,19,22-23H2,1-5H3,(H2,42,43,45)/t38-/m1/s1. The number of esters is 1. The van der Waals surface area contributed by atoms with Crippen LogP contribution in [0.3, 0.4) is 0 Å². The average molecular weight is 750 g/mol. The number of amidine groups is 2. The molecule has 2 aliphatic rings. The molecule has 4 aromatic rings. The third kappa shape index (κ3) is 7.74. The Hall–Kier alpha value is -3.35. The SMILES string of the molecule is CN/C1=N\C(=N)[C@@](C)(c2cccc(CC3(C(=O)OC)CC3)c2)CCCC(C)(C)CSCCc2c(c(F)c(F)c3c2ccn3S)Sc2ccnc1c2. The zero-order valence-corrected chi connectivity index (χ0v) is 32.3. The number of benzene rings is 2. The molecular formula is C39H45F2N5O2S3. The molecule has 0 radical (unpaired) electrons. The molecule has 1 aliphatic carbocycles. The van der Waals surface area contributed by atoms with Crippen molar-refractivity contribution in [3.05, 3.63) is 88.9 Å². The van der Waals surface area contributed by atoms with Crippen molar-refractivity contribution in [1.29, 1.82) is 5.41 Å². The maximum atomic E-state index is 15.9. The summed E-state index contributed by atoms with van der Waals surface area (Å²) in [5.41, 5.74) is 2.19. The van der Waals surface area contributed by atoms with E-state index in [-0.39, 0.29) is 27.6 Å². The molecule has 1 saturated carbocycles. The van der Waals surface area contributed by atoms with Gasteiger partial charge in [-0.15, -0.1) is 0 Å². The van der Waals surface area contributed by atoms with Gasteiger partial charge in [-0.25, -0.2) is 13.8 Å². The number of rotatable bonds is 4. The molecule has 2 N–H and O–H groups in total. The van der Waals surface area contributed by atoms with Gasteiger partial charge in [0, 0.05) is 29.7 Å². The van der Waals surface area contributed by atoms with E-state index in [1.165, 1.54) is 22.8 Å². The number of aromatic nitrogens is 2. The lowest BCUT2D eigenvalue weighted by molar-refractivity contribution is -0.147. The Morgan fingerprint density at radius 2 is 1.88 bits per heavy atom. The highest BCUT2D eigenvalue weighted by Gasteiger charge is 2.51. The number of aryl methyl sites for hydroxylation is 1. The molecule has 0 spiro atoms. The van der Waals surface area contributed by atoms with Gasteiger partial charge in [0.1, 0.15) is 11.5 Å². The predicted octanol–water partition coefficient (Wildman–Crippen LogP) is 9.04. The smallest absolute Gasteiger partial charge is 0.312 e. The fraction of sp³-hybridized carbons (Fsp3) is 0.436. The van der Waals surface area contributed by atoms with Gasteiger partial charge >= 0.3 is 5.97 Å². The van der Waals surface area contributed by atoms with Crippen LogP contribution in [0.2, 0.25) is 0 Å². The Morgan fingerprint density at radius 1 is 1.10 bits per heavy atom. The van der Waals surface area contributed by atoms with E-state index in [9.17, 15) is 10.2 Å². The van der Waals surface area contributed by atoms with E-state index in [1.807, 2.05) is 23.9 Å². The van der Waals surface area contributed by atoms with Crippen molar-refractivity contribution in [3.8, 4) is 0 Å². The number of thiol groups is 1. The maximum absolute atomic E-state index is 15.9. The molecule has 0 saturated heterocycles. The Morgan fingerprint density at radius 3 is 2.61 bits per heavy atom. The van der Waals surface area contributed by atoms with Crippen molar-refractivity contribution in [1.82, 2.24) is 14.3 Å². The van der Waals surface area contributed by atoms with Crippen molar-refractivity contribution in [2.24, 2.45) is 15.8 Å². The topological polar surface area (TPSA) is 92.4 Å². The second kappa shape index (κ2) is 14.9. The Labute approximate surface area is 312 Å². The fourth-order valence-electron chi connectivity index (χ4n) is 7.05. The molecule has 2 aromatic carbocycles. The zero-order chi connectivity index (χ0) is 36.6. The molecule has 2 aromatic heterocycles. The Bertz CT molecular complexity index is 2010. The second-order valence-corrected chi connectivity index (χ2v) is 17.3. The van der Waals surface area contributed by atoms with Crippen LogP contribution >= 0.6 is 36.3 Å². The molecule has 7 nitrogen and oxygen atoms in total. The van der Waals surface area contributed by atoms with E-state index in [1.54, 1.807) is 37.6 Å². The molecule has 2 bridgehead atoms. The normalized spacial score (nSPS) is 21.9. The highest BCUT2D eigenvalue weighted by Crippen LogP contribution is 2.50. The molecule has 12 heteroatoms. The van der Waals surface area contributed by atoms with Crippen LogP contribution in [0.1, 0.15) is 75.3 Å². The van der Waals surface area contributed by atoms with Crippen LogP contribution in [0.4, 0.5) is 8.78 Å². The van der Waals surface area contributed by atoms with Gasteiger partial charge in [-0.3, -0.25) is 19.2 Å². The molecule has 1 fully saturated rings. The van der Waals surface area contributed by atoms with Crippen LogP contribution < -0.4 is 5.32 Å². The number of nitrogens with zero attached hydrogens (tertiary/aromatic N) is 3. The third-order valence-electron chi connectivity index (χ3n) is 10.3. The monoisotopic (exact) mass is 749 g/mol. The second-order valence-electron chi connectivity index (χ2n) is 14.7. The summed E-state index contributed by atoms with van der Waals surface area (Å²) in [5, 5.41) is 13.3. The Kier molecular flexibility index (Phi) is 11.0. The molecule has 0 unspecified atom stereocenters. The van der Waals surface area contributed by atoms with Crippen molar-refractivity contribution in [2.75, 3.05) is 25.7 Å². The van der Waals surface area contributed by atoms with E-state index in [0.29, 0.717) is 41.1 Å². The first kappa shape index (κ1) is 37.4. The van der Waals surface area contributed by atoms with Gasteiger partial charge < -0.3 is 10.1 Å². The summed E-state index contributed by atoms with van der Waals surface area (Å²) >= 11 is 7.34. The van der Waals surface area contributed by atoms with E-state index < -0.39 is 22.5 Å². The average Bonchev–Trinajstić information content (AvgIpc) is 3.80. The largest absolute Gasteiger partial charge is 0.469 e. The summed E-state index contributed by atoms with van der Waals surface area (Å²) < 4.78 is 37.9. The van der Waals surface area contributed by atoms with Crippen LogP contribution in [-0.4, -0.2) is 52.3 Å². The van der Waals surface area contributed by atoms with Crippen LogP contribution in [-0.2, 0) is 27.8 Å². The minimum atomic E-state index is -0.923.